The van der Waals surface area contributed by atoms with Crippen molar-refractivity contribution in [2.75, 3.05) is 24.4 Å². The van der Waals surface area contributed by atoms with E-state index in [2.05, 4.69) is 5.43 Å². The number of nitrogens with one attached hydrogen (secondary N) is 1. The lowest BCUT2D eigenvalue weighted by atomic mass is 10.3. The molecule has 0 aliphatic heterocycles. The minimum absolute atomic E-state index is 0.927. The average molecular weight is 151 g/mol. The van der Waals surface area contributed by atoms with Crippen LogP contribution < -0.4 is 16.2 Å². The zero-order valence-electron chi connectivity index (χ0n) is 6.83. The van der Waals surface area contributed by atoms with Crippen LogP contribution in [-0.2, 0) is 0 Å². The lowest BCUT2D eigenvalue weighted by molar-refractivity contribution is 1.13. The highest BCUT2D eigenvalue weighted by molar-refractivity contribution is 5.56. The third-order valence-electron chi connectivity index (χ3n) is 1.53. The van der Waals surface area contributed by atoms with E-state index >= 15 is 0 Å². The summed E-state index contributed by atoms with van der Waals surface area (Å²) in [5.74, 6) is 5.25. The van der Waals surface area contributed by atoms with E-state index in [0.29, 0.717) is 0 Å². The summed E-state index contributed by atoms with van der Waals surface area (Å²) in [6, 6.07) is 7.90. The molecule has 0 unspecified atom stereocenters. The van der Waals surface area contributed by atoms with Gasteiger partial charge in [0.25, 0.3) is 0 Å². The standard InChI is InChI=1S/C8H13N3/c1-11(2)8-5-3-4-7(6-8)10-9/h3-6,10H,9H2,1-2H3. The van der Waals surface area contributed by atoms with Crippen molar-refractivity contribution in [1.82, 2.24) is 0 Å². The second kappa shape index (κ2) is 3.25. The van der Waals surface area contributed by atoms with Crippen molar-refractivity contribution < 1.29 is 0 Å². The number of nitrogen functional groups attached to an aromatic ring is 1. The van der Waals surface area contributed by atoms with Crippen LogP contribution in [0.3, 0.4) is 0 Å². The summed E-state index contributed by atoms with van der Waals surface area (Å²) in [5.41, 5.74) is 4.66. The van der Waals surface area contributed by atoms with E-state index in [9.17, 15) is 0 Å². The minimum Gasteiger partial charge on any atom is -0.378 e. The van der Waals surface area contributed by atoms with Crippen molar-refractivity contribution in [3.63, 3.8) is 0 Å². The van der Waals surface area contributed by atoms with Gasteiger partial charge in [-0.15, -0.1) is 0 Å². The van der Waals surface area contributed by atoms with E-state index in [4.69, 9.17) is 5.84 Å². The predicted molar refractivity (Wildman–Crippen MR) is 48.6 cm³/mol. The number of anilines is 2. The molecule has 0 radical (unpaired) electrons. The van der Waals surface area contributed by atoms with Crippen LogP contribution in [0.5, 0.6) is 0 Å². The Bertz CT molecular complexity index is 233. The second-order valence-corrected chi connectivity index (χ2v) is 2.59. The Labute approximate surface area is 66.8 Å². The second-order valence-electron chi connectivity index (χ2n) is 2.59. The number of nitrogens with zero attached hydrogens (tertiary/aromatic N) is 1. The monoisotopic (exact) mass is 151 g/mol. The Morgan fingerprint density at radius 1 is 1.36 bits per heavy atom. The van der Waals surface area contributed by atoms with E-state index in [1.54, 1.807) is 0 Å². The van der Waals surface area contributed by atoms with E-state index < -0.39 is 0 Å². The first-order valence-electron chi connectivity index (χ1n) is 3.48. The van der Waals surface area contributed by atoms with Gasteiger partial charge in [0.1, 0.15) is 0 Å². The third-order valence-corrected chi connectivity index (χ3v) is 1.53. The van der Waals surface area contributed by atoms with Crippen molar-refractivity contribution in [3.8, 4) is 0 Å². The van der Waals surface area contributed by atoms with Gasteiger partial charge in [-0.05, 0) is 18.2 Å². The maximum atomic E-state index is 5.25. The molecule has 0 saturated carbocycles. The van der Waals surface area contributed by atoms with Crippen LogP contribution in [0.15, 0.2) is 24.3 Å². The molecular weight excluding hydrogens is 138 g/mol. The first kappa shape index (κ1) is 7.88. The van der Waals surface area contributed by atoms with Gasteiger partial charge in [-0.3, -0.25) is 5.84 Å². The fraction of sp³-hybridized carbons (Fsp3) is 0.250. The normalized spacial score (nSPS) is 9.36. The Morgan fingerprint density at radius 2 is 2.09 bits per heavy atom. The summed E-state index contributed by atoms with van der Waals surface area (Å²) >= 11 is 0. The van der Waals surface area contributed by atoms with Gasteiger partial charge in [-0.2, -0.15) is 0 Å². The molecule has 0 amide bonds. The molecule has 60 valence electrons. The zero-order valence-corrected chi connectivity index (χ0v) is 6.83. The van der Waals surface area contributed by atoms with Crippen molar-refractivity contribution in [3.05, 3.63) is 24.3 Å². The maximum Gasteiger partial charge on any atom is 0.0505 e. The Balaban J connectivity index is 2.91. The average Bonchev–Trinajstić information content (AvgIpc) is 2.05. The molecule has 0 heterocycles. The van der Waals surface area contributed by atoms with E-state index in [1.807, 2.05) is 43.3 Å². The summed E-state index contributed by atoms with van der Waals surface area (Å²) in [7, 11) is 3.99. The summed E-state index contributed by atoms with van der Waals surface area (Å²) in [5, 5.41) is 0. The highest BCUT2D eigenvalue weighted by Gasteiger charge is 1.94. The van der Waals surface area contributed by atoms with Crippen molar-refractivity contribution >= 4 is 11.4 Å². The lowest BCUT2D eigenvalue weighted by Gasteiger charge is -2.12. The first-order chi connectivity index (χ1) is 5.24. The maximum absolute atomic E-state index is 5.25. The van der Waals surface area contributed by atoms with Gasteiger partial charge < -0.3 is 10.3 Å². The topological polar surface area (TPSA) is 41.3 Å². The van der Waals surface area contributed by atoms with E-state index in [1.165, 1.54) is 0 Å². The molecule has 3 N–H and O–H groups in total. The Hall–Kier alpha value is -1.22. The lowest BCUT2D eigenvalue weighted by Crippen LogP contribution is -2.10. The van der Waals surface area contributed by atoms with Crippen LogP contribution in [0.2, 0.25) is 0 Å². The fourth-order valence-corrected chi connectivity index (χ4v) is 0.874. The van der Waals surface area contributed by atoms with Gasteiger partial charge in [-0.1, -0.05) is 6.07 Å². The molecule has 0 spiro atoms. The number of hydrogen-bond acceptors (Lipinski definition) is 3. The summed E-state index contributed by atoms with van der Waals surface area (Å²) in [6.07, 6.45) is 0. The van der Waals surface area contributed by atoms with Crippen LogP contribution in [0, 0.1) is 0 Å². The van der Waals surface area contributed by atoms with E-state index in [-0.39, 0.29) is 0 Å². The van der Waals surface area contributed by atoms with Crippen LogP contribution in [0.1, 0.15) is 0 Å². The van der Waals surface area contributed by atoms with Gasteiger partial charge in [0.15, 0.2) is 0 Å². The number of hydrogen-bond donors (Lipinski definition) is 2. The zero-order chi connectivity index (χ0) is 8.27. The minimum atomic E-state index is 0.927. The van der Waals surface area contributed by atoms with E-state index in [0.717, 1.165) is 11.4 Å². The number of benzene rings is 1. The molecule has 3 heteroatoms. The number of hydrazine groups is 1. The largest absolute Gasteiger partial charge is 0.378 e. The van der Waals surface area contributed by atoms with Crippen LogP contribution >= 0.6 is 0 Å². The fourth-order valence-electron chi connectivity index (χ4n) is 0.874. The predicted octanol–water partition coefficient (Wildman–Crippen LogP) is 1.04. The number of rotatable bonds is 2. The molecule has 0 atom stereocenters. The summed E-state index contributed by atoms with van der Waals surface area (Å²) < 4.78 is 0. The molecule has 0 saturated heterocycles. The molecule has 1 aromatic carbocycles. The molecule has 0 bridgehead atoms. The Morgan fingerprint density at radius 3 is 2.64 bits per heavy atom. The van der Waals surface area contributed by atoms with Gasteiger partial charge in [-0.25, -0.2) is 0 Å². The molecule has 1 rings (SSSR count). The molecule has 1 aromatic rings. The quantitative estimate of drug-likeness (QED) is 0.490. The number of nitrogens with two attached hydrogens (primary N) is 1. The summed E-state index contributed by atoms with van der Waals surface area (Å²) in [4.78, 5) is 2.03. The highest BCUT2D eigenvalue weighted by Crippen LogP contribution is 2.15. The molecule has 11 heavy (non-hydrogen) atoms. The van der Waals surface area contributed by atoms with Gasteiger partial charge in [0.05, 0.1) is 5.69 Å². The highest BCUT2D eigenvalue weighted by atomic mass is 15.2. The van der Waals surface area contributed by atoms with Crippen LogP contribution in [0.25, 0.3) is 0 Å². The molecule has 0 fully saturated rings. The molecule has 0 aliphatic carbocycles. The Kier molecular flexibility index (Phi) is 2.33. The van der Waals surface area contributed by atoms with Crippen molar-refractivity contribution in [2.24, 2.45) is 5.84 Å². The van der Waals surface area contributed by atoms with Gasteiger partial charge in [0, 0.05) is 19.8 Å². The molecule has 3 nitrogen and oxygen atoms in total. The van der Waals surface area contributed by atoms with Gasteiger partial charge in [0.2, 0.25) is 0 Å². The SMILES string of the molecule is CN(C)c1cccc(NN)c1. The molecule has 0 aliphatic rings. The van der Waals surface area contributed by atoms with Crippen molar-refractivity contribution in [1.29, 1.82) is 0 Å². The third kappa shape index (κ3) is 1.85. The summed E-state index contributed by atoms with van der Waals surface area (Å²) in [6.45, 7) is 0. The van der Waals surface area contributed by atoms with Crippen LogP contribution in [0.4, 0.5) is 11.4 Å². The van der Waals surface area contributed by atoms with Crippen molar-refractivity contribution in [2.45, 2.75) is 0 Å². The first-order valence-corrected chi connectivity index (χ1v) is 3.48. The molecular formula is C8H13N3. The van der Waals surface area contributed by atoms with Crippen LogP contribution in [-0.4, -0.2) is 14.1 Å². The smallest absolute Gasteiger partial charge is 0.0505 e. The van der Waals surface area contributed by atoms with Gasteiger partial charge >= 0.3 is 0 Å². The molecule has 0 aromatic heterocycles.